The van der Waals surface area contributed by atoms with E-state index in [1.165, 1.54) is 16.6 Å². The zero-order valence-corrected chi connectivity index (χ0v) is 17.9. The molecular weight excluding hydrogens is 432 g/mol. The number of halogens is 1. The van der Waals surface area contributed by atoms with Crippen molar-refractivity contribution in [2.24, 2.45) is 0 Å². The van der Waals surface area contributed by atoms with Gasteiger partial charge >= 0.3 is 0 Å². The van der Waals surface area contributed by atoms with E-state index in [-0.39, 0.29) is 67.8 Å². The van der Waals surface area contributed by atoms with E-state index >= 15 is 0 Å². The molecule has 9 nitrogen and oxygen atoms in total. The molecule has 2 heterocycles. The first-order chi connectivity index (χ1) is 14.4. The first-order valence-electron chi connectivity index (χ1n) is 9.62. The highest BCUT2D eigenvalue weighted by Gasteiger charge is 2.34. The third kappa shape index (κ3) is 5.08. The van der Waals surface area contributed by atoms with Gasteiger partial charge in [0.05, 0.1) is 29.7 Å². The molecule has 1 aromatic heterocycles. The molecule has 1 fully saturated rings. The third-order valence-electron chi connectivity index (χ3n) is 5.03. The minimum absolute atomic E-state index is 0.0241. The molecule has 1 aliphatic heterocycles. The molecule has 1 saturated heterocycles. The van der Waals surface area contributed by atoms with Crippen molar-refractivity contribution in [1.82, 2.24) is 19.5 Å². The maximum Gasteiger partial charge on any atom is 0.243 e. The molecule has 3 rings (SSSR count). The fourth-order valence-electron chi connectivity index (χ4n) is 3.61. The molecule has 164 valence electrons. The van der Waals surface area contributed by atoms with Gasteiger partial charge in [0.25, 0.3) is 0 Å². The topological polar surface area (TPSA) is 123 Å². The Labute approximate surface area is 180 Å². The average Bonchev–Trinajstić information content (AvgIpc) is 3.17. The highest BCUT2D eigenvalue weighted by atomic mass is 35.5. The van der Waals surface area contributed by atoms with Gasteiger partial charge in [0.2, 0.25) is 15.9 Å². The van der Waals surface area contributed by atoms with Crippen molar-refractivity contribution in [3.8, 4) is 0 Å². The lowest BCUT2D eigenvalue weighted by molar-refractivity contribution is -0.123. The third-order valence-corrected chi connectivity index (χ3v) is 7.23. The standard InChI is InChI=1S/C19H25ClN4O5S/c20-16-11-21-10-14-2-1-3-17(19(14)16)30(28,29)24-5-4-15(12-24)22-18(27)13-23(6-8-25)7-9-26/h1-3,10-11,15,25-26H,4-9,12-13H2,(H,22,27). The van der Waals surface area contributed by atoms with Crippen LogP contribution in [-0.4, -0.2) is 90.7 Å². The summed E-state index contributed by atoms with van der Waals surface area (Å²) in [5.41, 5.74) is 0. The molecule has 0 radical (unpaired) electrons. The number of rotatable bonds is 9. The smallest absolute Gasteiger partial charge is 0.243 e. The number of nitrogens with one attached hydrogen (secondary N) is 1. The van der Waals surface area contributed by atoms with Crippen LogP contribution >= 0.6 is 11.6 Å². The molecule has 1 aliphatic rings. The second kappa shape index (κ2) is 9.99. The highest BCUT2D eigenvalue weighted by molar-refractivity contribution is 7.89. The summed E-state index contributed by atoms with van der Waals surface area (Å²) in [6, 6.07) is 4.62. The second-order valence-electron chi connectivity index (χ2n) is 7.12. The molecule has 0 bridgehead atoms. The van der Waals surface area contributed by atoms with Crippen molar-refractivity contribution in [2.75, 3.05) is 45.9 Å². The first-order valence-corrected chi connectivity index (χ1v) is 11.4. The second-order valence-corrected chi connectivity index (χ2v) is 9.43. The van der Waals surface area contributed by atoms with E-state index in [0.29, 0.717) is 17.2 Å². The zero-order chi connectivity index (χ0) is 21.7. The molecular formula is C19H25ClN4O5S. The number of aliphatic hydroxyl groups excluding tert-OH is 2. The summed E-state index contributed by atoms with van der Waals surface area (Å²) in [4.78, 5) is 18.1. The summed E-state index contributed by atoms with van der Waals surface area (Å²) in [5.74, 6) is -0.277. The van der Waals surface area contributed by atoms with E-state index in [2.05, 4.69) is 10.3 Å². The van der Waals surface area contributed by atoms with Gasteiger partial charge in [-0.25, -0.2) is 8.42 Å². The van der Waals surface area contributed by atoms with Crippen LogP contribution < -0.4 is 5.32 Å². The van der Waals surface area contributed by atoms with Crippen LogP contribution in [0.15, 0.2) is 35.5 Å². The molecule has 2 aromatic rings. The Hall–Kier alpha value is -1.82. The summed E-state index contributed by atoms with van der Waals surface area (Å²) in [7, 11) is -3.80. The Morgan fingerprint density at radius 3 is 2.70 bits per heavy atom. The van der Waals surface area contributed by atoms with Crippen molar-refractivity contribution >= 4 is 38.3 Å². The van der Waals surface area contributed by atoms with E-state index in [9.17, 15) is 13.2 Å². The van der Waals surface area contributed by atoms with Crippen molar-refractivity contribution in [1.29, 1.82) is 0 Å². The highest BCUT2D eigenvalue weighted by Crippen LogP contribution is 2.32. The Morgan fingerprint density at radius 1 is 1.27 bits per heavy atom. The fourth-order valence-corrected chi connectivity index (χ4v) is 5.67. The van der Waals surface area contributed by atoms with Crippen LogP contribution in [0.1, 0.15) is 6.42 Å². The Kier molecular flexibility index (Phi) is 7.61. The van der Waals surface area contributed by atoms with Gasteiger partial charge in [-0.2, -0.15) is 4.31 Å². The minimum Gasteiger partial charge on any atom is -0.395 e. The molecule has 30 heavy (non-hydrogen) atoms. The first kappa shape index (κ1) is 22.9. The van der Waals surface area contributed by atoms with Crippen LogP contribution in [0.5, 0.6) is 0 Å². The quantitative estimate of drug-likeness (QED) is 0.487. The van der Waals surface area contributed by atoms with Gasteiger partial charge in [-0.1, -0.05) is 23.7 Å². The normalized spacial score (nSPS) is 17.7. The van der Waals surface area contributed by atoms with Crippen LogP contribution in [0, 0.1) is 0 Å². The van der Waals surface area contributed by atoms with Gasteiger partial charge in [-0.05, 0) is 12.5 Å². The lowest BCUT2D eigenvalue weighted by Crippen LogP contribution is -2.45. The van der Waals surface area contributed by atoms with E-state index in [4.69, 9.17) is 21.8 Å². The van der Waals surface area contributed by atoms with Crippen molar-refractivity contribution in [3.63, 3.8) is 0 Å². The number of amides is 1. The van der Waals surface area contributed by atoms with E-state index in [1.807, 2.05) is 0 Å². The number of hydrogen-bond acceptors (Lipinski definition) is 7. The van der Waals surface area contributed by atoms with Crippen LogP contribution in [0.4, 0.5) is 0 Å². The van der Waals surface area contributed by atoms with Gasteiger partial charge in [0.1, 0.15) is 0 Å². The molecule has 1 unspecified atom stereocenters. The monoisotopic (exact) mass is 456 g/mol. The van der Waals surface area contributed by atoms with Crippen LogP contribution in [0.3, 0.4) is 0 Å². The molecule has 0 saturated carbocycles. The predicted molar refractivity (Wildman–Crippen MR) is 113 cm³/mol. The van der Waals surface area contributed by atoms with Gasteiger partial charge in [-0.3, -0.25) is 14.7 Å². The molecule has 1 aromatic carbocycles. The molecule has 1 atom stereocenters. The average molecular weight is 457 g/mol. The molecule has 3 N–H and O–H groups in total. The predicted octanol–water partition coefficient (Wildman–Crippen LogP) is 0.0540. The van der Waals surface area contributed by atoms with E-state index in [1.54, 1.807) is 23.2 Å². The minimum atomic E-state index is -3.80. The summed E-state index contributed by atoms with van der Waals surface area (Å²) in [6.07, 6.45) is 3.48. The Bertz CT molecular complexity index is 992. The van der Waals surface area contributed by atoms with Crippen molar-refractivity contribution in [3.05, 3.63) is 35.6 Å². The number of sulfonamides is 1. The molecule has 0 aliphatic carbocycles. The largest absolute Gasteiger partial charge is 0.395 e. The van der Waals surface area contributed by atoms with Crippen molar-refractivity contribution < 1.29 is 23.4 Å². The lowest BCUT2D eigenvalue weighted by Gasteiger charge is -2.21. The summed E-state index contributed by atoms with van der Waals surface area (Å²) >= 11 is 6.23. The molecule has 0 spiro atoms. The summed E-state index contributed by atoms with van der Waals surface area (Å²) in [6.45, 7) is 0.774. The zero-order valence-electron chi connectivity index (χ0n) is 16.4. The fraction of sp³-hybridized carbons (Fsp3) is 0.474. The van der Waals surface area contributed by atoms with E-state index in [0.717, 1.165) is 0 Å². The van der Waals surface area contributed by atoms with Crippen LogP contribution in [0.25, 0.3) is 10.8 Å². The Balaban J connectivity index is 1.70. The lowest BCUT2D eigenvalue weighted by atomic mass is 10.2. The van der Waals surface area contributed by atoms with Gasteiger partial charge < -0.3 is 15.5 Å². The number of nitrogens with zero attached hydrogens (tertiary/aromatic N) is 3. The van der Waals surface area contributed by atoms with Gasteiger partial charge in [0, 0.05) is 55.4 Å². The number of fused-ring (bicyclic) bond motifs is 1. The van der Waals surface area contributed by atoms with Gasteiger partial charge in [-0.15, -0.1) is 0 Å². The number of aliphatic hydroxyl groups is 2. The van der Waals surface area contributed by atoms with Crippen LogP contribution in [0.2, 0.25) is 5.02 Å². The number of carbonyl (C=O) groups excluding carboxylic acids is 1. The number of pyridine rings is 1. The van der Waals surface area contributed by atoms with Crippen LogP contribution in [-0.2, 0) is 14.8 Å². The van der Waals surface area contributed by atoms with Crippen molar-refractivity contribution in [2.45, 2.75) is 17.4 Å². The maximum atomic E-state index is 13.3. The molecule has 1 amide bonds. The van der Waals surface area contributed by atoms with E-state index < -0.39 is 10.0 Å². The maximum absolute atomic E-state index is 13.3. The summed E-state index contributed by atoms with van der Waals surface area (Å²) < 4.78 is 27.9. The SMILES string of the molecule is O=C(CN(CCO)CCO)NC1CCN(S(=O)(=O)c2cccc3cncc(Cl)c23)C1. The van der Waals surface area contributed by atoms with Gasteiger partial charge in [0.15, 0.2) is 0 Å². The number of carbonyl (C=O) groups is 1. The number of hydrogen-bond donors (Lipinski definition) is 3. The number of aromatic nitrogens is 1. The molecule has 11 heteroatoms. The summed E-state index contributed by atoms with van der Waals surface area (Å²) in [5, 5.41) is 22.3. The Morgan fingerprint density at radius 2 is 2.00 bits per heavy atom. The number of benzene rings is 1.